The average molecular weight is 233 g/mol. The van der Waals surface area contributed by atoms with Crippen molar-refractivity contribution in [2.75, 3.05) is 6.61 Å². The molecule has 0 fully saturated rings. The van der Waals surface area contributed by atoms with E-state index in [1.54, 1.807) is 18.2 Å². The summed E-state index contributed by atoms with van der Waals surface area (Å²) in [4.78, 5) is 13.5. The Kier molecular flexibility index (Phi) is 3.55. The summed E-state index contributed by atoms with van der Waals surface area (Å²) in [5.74, 6) is 0.292. The molecule has 4 heteroatoms. The number of hydrogen-bond acceptors (Lipinski definition) is 2. The summed E-state index contributed by atoms with van der Waals surface area (Å²) in [6.45, 7) is 0.453. The molecular weight excluding hydrogens is 221 g/mol. The van der Waals surface area contributed by atoms with Crippen molar-refractivity contribution in [2.24, 2.45) is 0 Å². The molecule has 0 radical (unpaired) electrons. The lowest BCUT2D eigenvalue weighted by Crippen LogP contribution is -2.06. The molecule has 88 valence electrons. The monoisotopic (exact) mass is 233 g/mol. The summed E-state index contributed by atoms with van der Waals surface area (Å²) >= 11 is 0. The minimum Gasteiger partial charge on any atom is -0.493 e. The first-order chi connectivity index (χ1) is 8.24. The van der Waals surface area contributed by atoms with E-state index in [1.165, 1.54) is 24.4 Å². The number of hydrogen-bond donors (Lipinski definition) is 1. The molecule has 17 heavy (non-hydrogen) atoms. The van der Waals surface area contributed by atoms with E-state index in [1.807, 2.05) is 0 Å². The van der Waals surface area contributed by atoms with Crippen LogP contribution in [0, 0.1) is 5.82 Å². The Morgan fingerprint density at radius 2 is 1.94 bits per heavy atom. The van der Waals surface area contributed by atoms with E-state index in [0.29, 0.717) is 18.8 Å². The van der Waals surface area contributed by atoms with Gasteiger partial charge in [-0.2, -0.15) is 0 Å². The van der Waals surface area contributed by atoms with Gasteiger partial charge in [0.2, 0.25) is 0 Å². The van der Waals surface area contributed by atoms with Crippen molar-refractivity contribution in [3.8, 4) is 5.75 Å². The highest BCUT2D eigenvalue weighted by molar-refractivity contribution is 5.18. The van der Waals surface area contributed by atoms with Crippen LogP contribution < -0.4 is 10.3 Å². The summed E-state index contributed by atoms with van der Waals surface area (Å²) < 4.78 is 18.1. The third-order valence-corrected chi connectivity index (χ3v) is 2.32. The lowest BCUT2D eigenvalue weighted by atomic mass is 10.2. The van der Waals surface area contributed by atoms with Crippen LogP contribution in [0.25, 0.3) is 0 Å². The zero-order chi connectivity index (χ0) is 12.1. The lowest BCUT2D eigenvalue weighted by Gasteiger charge is -2.05. The highest BCUT2D eigenvalue weighted by Gasteiger charge is 1.97. The number of pyridine rings is 1. The van der Waals surface area contributed by atoms with Crippen molar-refractivity contribution in [1.82, 2.24) is 4.98 Å². The van der Waals surface area contributed by atoms with Crippen molar-refractivity contribution >= 4 is 0 Å². The molecule has 0 atom stereocenters. The van der Waals surface area contributed by atoms with Gasteiger partial charge in [-0.25, -0.2) is 4.39 Å². The second kappa shape index (κ2) is 5.30. The molecule has 0 saturated carbocycles. The lowest BCUT2D eigenvalue weighted by molar-refractivity contribution is 0.321. The number of H-pyrrole nitrogens is 1. The Morgan fingerprint density at radius 3 is 2.65 bits per heavy atom. The van der Waals surface area contributed by atoms with Crippen molar-refractivity contribution in [3.63, 3.8) is 0 Å². The number of rotatable bonds is 4. The van der Waals surface area contributed by atoms with Crippen LogP contribution in [-0.4, -0.2) is 11.6 Å². The number of halogens is 1. The summed E-state index contributed by atoms with van der Waals surface area (Å²) in [7, 11) is 0. The highest BCUT2D eigenvalue weighted by Crippen LogP contribution is 2.07. The molecular formula is C13H12FNO2. The van der Waals surface area contributed by atoms with E-state index in [0.717, 1.165) is 5.56 Å². The van der Waals surface area contributed by atoms with Crippen LogP contribution in [0.3, 0.4) is 0 Å². The fourth-order valence-corrected chi connectivity index (χ4v) is 1.45. The summed E-state index contributed by atoms with van der Waals surface area (Å²) in [5.41, 5.74) is 0.806. The maximum absolute atomic E-state index is 12.6. The van der Waals surface area contributed by atoms with Crippen LogP contribution in [0.15, 0.2) is 47.4 Å². The van der Waals surface area contributed by atoms with E-state index in [9.17, 15) is 9.18 Å². The number of aromatic amines is 1. The summed E-state index contributed by atoms with van der Waals surface area (Å²) in [5, 5.41) is 0. The molecule has 0 spiro atoms. The first-order valence-corrected chi connectivity index (χ1v) is 5.30. The second-order valence-corrected chi connectivity index (χ2v) is 3.61. The van der Waals surface area contributed by atoms with Crippen LogP contribution in [0.4, 0.5) is 4.39 Å². The molecule has 2 aromatic rings. The fourth-order valence-electron chi connectivity index (χ4n) is 1.45. The first-order valence-electron chi connectivity index (χ1n) is 5.30. The average Bonchev–Trinajstić information content (AvgIpc) is 2.32. The number of benzene rings is 1. The molecule has 3 nitrogen and oxygen atoms in total. The van der Waals surface area contributed by atoms with Gasteiger partial charge in [-0.1, -0.05) is 12.1 Å². The zero-order valence-electron chi connectivity index (χ0n) is 9.15. The number of ether oxygens (including phenoxy) is 1. The van der Waals surface area contributed by atoms with Gasteiger partial charge >= 0.3 is 0 Å². The molecule has 0 aliphatic carbocycles. The molecule has 0 unspecified atom stereocenters. The quantitative estimate of drug-likeness (QED) is 0.879. The van der Waals surface area contributed by atoms with Crippen LogP contribution in [0.2, 0.25) is 0 Å². The van der Waals surface area contributed by atoms with Gasteiger partial charge < -0.3 is 9.72 Å². The number of nitrogens with one attached hydrogen (secondary N) is 1. The van der Waals surface area contributed by atoms with Gasteiger partial charge in [0.05, 0.1) is 6.61 Å². The van der Waals surface area contributed by atoms with E-state index in [4.69, 9.17) is 4.74 Å². The minimum atomic E-state index is -0.246. The largest absolute Gasteiger partial charge is 0.493 e. The minimum absolute atomic E-state index is 0.190. The molecule has 0 saturated heterocycles. The molecule has 1 heterocycles. The first kappa shape index (κ1) is 11.4. The van der Waals surface area contributed by atoms with E-state index < -0.39 is 0 Å². The van der Waals surface area contributed by atoms with Crippen LogP contribution in [-0.2, 0) is 6.42 Å². The van der Waals surface area contributed by atoms with Gasteiger partial charge in [0.1, 0.15) is 11.6 Å². The van der Waals surface area contributed by atoms with Gasteiger partial charge in [-0.15, -0.1) is 0 Å². The Hall–Kier alpha value is -2.10. The maximum Gasteiger partial charge on any atom is 0.251 e. The molecule has 0 aliphatic rings. The van der Waals surface area contributed by atoms with Crippen molar-refractivity contribution in [3.05, 3.63) is 64.3 Å². The third kappa shape index (κ3) is 3.45. The SMILES string of the molecule is O=c1cc(OCCc2ccc(F)cc2)cc[nH]1. The Bertz CT molecular complexity index is 534. The van der Waals surface area contributed by atoms with Crippen molar-refractivity contribution < 1.29 is 9.13 Å². The van der Waals surface area contributed by atoms with E-state index >= 15 is 0 Å². The van der Waals surface area contributed by atoms with Gasteiger partial charge in [0.25, 0.3) is 5.56 Å². The van der Waals surface area contributed by atoms with Crippen LogP contribution >= 0.6 is 0 Å². The van der Waals surface area contributed by atoms with Gasteiger partial charge in [0.15, 0.2) is 0 Å². The van der Waals surface area contributed by atoms with Gasteiger partial charge in [0, 0.05) is 18.7 Å². The smallest absolute Gasteiger partial charge is 0.251 e. The predicted octanol–water partition coefficient (Wildman–Crippen LogP) is 2.14. The summed E-state index contributed by atoms with van der Waals surface area (Å²) in [6.07, 6.45) is 2.21. The molecule has 1 aromatic heterocycles. The predicted molar refractivity (Wildman–Crippen MR) is 62.7 cm³/mol. The molecule has 1 N–H and O–H groups in total. The Labute approximate surface area is 97.9 Å². The fraction of sp³-hybridized carbons (Fsp3) is 0.154. The van der Waals surface area contributed by atoms with E-state index in [2.05, 4.69) is 4.98 Å². The maximum atomic E-state index is 12.6. The van der Waals surface area contributed by atoms with Crippen LogP contribution in [0.5, 0.6) is 5.75 Å². The molecule has 0 amide bonds. The molecule has 0 aliphatic heterocycles. The summed E-state index contributed by atoms with van der Waals surface area (Å²) in [6, 6.07) is 9.36. The zero-order valence-corrected chi connectivity index (χ0v) is 9.15. The highest BCUT2D eigenvalue weighted by atomic mass is 19.1. The number of aromatic nitrogens is 1. The van der Waals surface area contributed by atoms with Crippen molar-refractivity contribution in [2.45, 2.75) is 6.42 Å². The van der Waals surface area contributed by atoms with E-state index in [-0.39, 0.29) is 11.4 Å². The second-order valence-electron chi connectivity index (χ2n) is 3.61. The van der Waals surface area contributed by atoms with Gasteiger partial charge in [-0.05, 0) is 23.8 Å². The van der Waals surface area contributed by atoms with Crippen molar-refractivity contribution in [1.29, 1.82) is 0 Å². The normalized spacial score (nSPS) is 10.2. The van der Waals surface area contributed by atoms with Gasteiger partial charge in [-0.3, -0.25) is 4.79 Å². The third-order valence-electron chi connectivity index (χ3n) is 2.32. The van der Waals surface area contributed by atoms with Crippen LogP contribution in [0.1, 0.15) is 5.56 Å². The standard InChI is InChI=1S/C13H12FNO2/c14-11-3-1-10(2-4-11)6-8-17-12-5-7-15-13(16)9-12/h1-5,7,9H,6,8H2,(H,15,16). The topological polar surface area (TPSA) is 42.1 Å². The Balaban J connectivity index is 1.87. The molecule has 0 bridgehead atoms. The molecule has 2 rings (SSSR count). The molecule has 1 aromatic carbocycles. The Morgan fingerprint density at radius 1 is 1.18 bits per heavy atom.